The average molecular weight is 337 g/mol. The molecule has 1 aromatic carbocycles. The summed E-state index contributed by atoms with van der Waals surface area (Å²) < 4.78 is 14.5. The van der Waals surface area contributed by atoms with E-state index in [1.54, 1.807) is 19.2 Å². The first kappa shape index (κ1) is 12.8. The Hall–Kier alpha value is -2.22. The first-order valence-electron chi connectivity index (χ1n) is 5.78. The number of aromatic amines is 1. The molecule has 0 aliphatic rings. The van der Waals surface area contributed by atoms with Gasteiger partial charge in [-0.1, -0.05) is 15.9 Å². The summed E-state index contributed by atoms with van der Waals surface area (Å²) in [5.74, 6) is 0.486. The fourth-order valence-electron chi connectivity index (χ4n) is 1.75. The van der Waals surface area contributed by atoms with Gasteiger partial charge < -0.3 is 15.6 Å². The van der Waals surface area contributed by atoms with Crippen molar-refractivity contribution in [2.45, 2.75) is 0 Å². The van der Waals surface area contributed by atoms with E-state index in [4.69, 9.17) is 0 Å². The lowest BCUT2D eigenvalue weighted by Crippen LogP contribution is -2.02. The van der Waals surface area contributed by atoms with Gasteiger partial charge in [0.1, 0.15) is 11.3 Å². The lowest BCUT2D eigenvalue weighted by atomic mass is 10.3. The van der Waals surface area contributed by atoms with Crippen LogP contribution in [0.1, 0.15) is 0 Å². The Morgan fingerprint density at radius 3 is 2.90 bits per heavy atom. The Kier molecular flexibility index (Phi) is 3.23. The molecule has 0 aliphatic carbocycles. The number of hydrogen-bond acceptors (Lipinski definition) is 5. The lowest BCUT2D eigenvalue weighted by molar-refractivity contribution is 0.631. The summed E-state index contributed by atoms with van der Waals surface area (Å²) in [7, 11) is 1.71. The lowest BCUT2D eigenvalue weighted by Gasteiger charge is -2.09. The molecule has 6 nitrogen and oxygen atoms in total. The zero-order valence-corrected chi connectivity index (χ0v) is 12.0. The molecule has 2 heterocycles. The number of H-pyrrole nitrogens is 1. The second-order valence-electron chi connectivity index (χ2n) is 4.00. The topological polar surface area (TPSA) is 78.5 Å². The molecule has 0 fully saturated rings. The van der Waals surface area contributed by atoms with E-state index in [1.807, 2.05) is 0 Å². The second-order valence-corrected chi connectivity index (χ2v) is 4.91. The van der Waals surface area contributed by atoms with Gasteiger partial charge in [-0.15, -0.1) is 0 Å². The largest absolute Gasteiger partial charge is 0.357 e. The number of anilines is 3. The van der Waals surface area contributed by atoms with Gasteiger partial charge in [-0.05, 0) is 18.2 Å². The van der Waals surface area contributed by atoms with Crippen LogP contribution in [0.3, 0.4) is 0 Å². The maximum Gasteiger partial charge on any atom is 0.226 e. The first-order chi connectivity index (χ1) is 9.67. The van der Waals surface area contributed by atoms with Crippen LogP contribution in [0.5, 0.6) is 0 Å². The van der Waals surface area contributed by atoms with Crippen molar-refractivity contribution in [1.82, 2.24) is 19.9 Å². The minimum absolute atomic E-state index is 0.324. The predicted molar refractivity (Wildman–Crippen MR) is 78.6 cm³/mol. The highest BCUT2D eigenvalue weighted by atomic mass is 79.9. The molecule has 0 unspecified atom stereocenters. The molecule has 3 aromatic rings. The normalized spacial score (nSPS) is 10.8. The fourth-order valence-corrected chi connectivity index (χ4v) is 2.09. The zero-order valence-electron chi connectivity index (χ0n) is 10.4. The van der Waals surface area contributed by atoms with Gasteiger partial charge in [0.2, 0.25) is 5.95 Å². The van der Waals surface area contributed by atoms with Crippen LogP contribution in [0.2, 0.25) is 0 Å². The molecule has 0 saturated heterocycles. The van der Waals surface area contributed by atoms with Gasteiger partial charge in [0, 0.05) is 11.5 Å². The Morgan fingerprint density at radius 2 is 2.15 bits per heavy atom. The summed E-state index contributed by atoms with van der Waals surface area (Å²) in [5, 5.41) is 5.79. The van der Waals surface area contributed by atoms with Gasteiger partial charge >= 0.3 is 0 Å². The highest BCUT2D eigenvalue weighted by Gasteiger charge is 2.11. The molecule has 8 heteroatoms. The molecule has 0 saturated carbocycles. The Balaban J connectivity index is 2.07. The summed E-state index contributed by atoms with van der Waals surface area (Å²) in [5.41, 5.74) is 1.44. The second kappa shape index (κ2) is 5.04. The quantitative estimate of drug-likeness (QED) is 0.685. The van der Waals surface area contributed by atoms with E-state index in [1.165, 1.54) is 12.4 Å². The molecule has 0 amide bonds. The number of aromatic nitrogens is 4. The first-order valence-corrected chi connectivity index (χ1v) is 6.57. The molecule has 2 aromatic heterocycles. The van der Waals surface area contributed by atoms with Crippen LogP contribution in [0.15, 0.2) is 29.0 Å². The summed E-state index contributed by atoms with van der Waals surface area (Å²) >= 11 is 3.22. The number of fused-ring (bicyclic) bond motifs is 1. The van der Waals surface area contributed by atoms with Crippen LogP contribution in [-0.4, -0.2) is 27.0 Å². The van der Waals surface area contributed by atoms with Gasteiger partial charge in [-0.2, -0.15) is 9.97 Å². The Morgan fingerprint density at radius 1 is 1.30 bits per heavy atom. The van der Waals surface area contributed by atoms with Gasteiger partial charge in [-0.25, -0.2) is 9.37 Å². The average Bonchev–Trinajstić information content (AvgIpc) is 2.90. The SMILES string of the molecule is CNc1nc(Nc2ccc(Br)cc2F)c2[nH]cnc2n1. The van der Waals surface area contributed by atoms with E-state index in [0.717, 1.165) is 0 Å². The third-order valence-corrected chi connectivity index (χ3v) is 3.19. The predicted octanol–water partition coefficient (Wildman–Crippen LogP) is 3.04. The molecule has 102 valence electrons. The minimum Gasteiger partial charge on any atom is -0.357 e. The van der Waals surface area contributed by atoms with Gasteiger partial charge in [-0.3, -0.25) is 0 Å². The van der Waals surface area contributed by atoms with Crippen molar-refractivity contribution in [3.05, 3.63) is 34.8 Å². The number of nitrogens with zero attached hydrogens (tertiary/aromatic N) is 3. The molecule has 3 N–H and O–H groups in total. The van der Waals surface area contributed by atoms with E-state index >= 15 is 0 Å². The Bertz CT molecular complexity index is 772. The van der Waals surface area contributed by atoms with Crippen LogP contribution in [0, 0.1) is 5.82 Å². The highest BCUT2D eigenvalue weighted by molar-refractivity contribution is 9.10. The number of rotatable bonds is 3. The molecule has 3 rings (SSSR count). The van der Waals surface area contributed by atoms with Crippen molar-refractivity contribution in [2.75, 3.05) is 17.7 Å². The standard InChI is InChI=1S/C12H10BrFN6/c1-15-12-19-10-9(16-5-17-10)11(20-12)18-8-3-2-6(13)4-7(8)14/h2-5H,1H3,(H3,15,16,17,18,19,20). The van der Waals surface area contributed by atoms with Crippen LogP contribution in [0.25, 0.3) is 11.2 Å². The number of hydrogen-bond donors (Lipinski definition) is 3. The van der Waals surface area contributed by atoms with Crippen molar-refractivity contribution in [3.63, 3.8) is 0 Å². The summed E-state index contributed by atoms with van der Waals surface area (Å²) in [4.78, 5) is 15.5. The maximum absolute atomic E-state index is 13.9. The van der Waals surface area contributed by atoms with Crippen LogP contribution in [-0.2, 0) is 0 Å². The van der Waals surface area contributed by atoms with Crippen molar-refractivity contribution in [2.24, 2.45) is 0 Å². The zero-order chi connectivity index (χ0) is 14.1. The molecular formula is C12H10BrFN6. The summed E-state index contributed by atoms with van der Waals surface area (Å²) in [6, 6.07) is 4.76. The van der Waals surface area contributed by atoms with Crippen molar-refractivity contribution in [3.8, 4) is 0 Å². The van der Waals surface area contributed by atoms with Crippen LogP contribution in [0.4, 0.5) is 21.8 Å². The highest BCUT2D eigenvalue weighted by Crippen LogP contribution is 2.26. The number of nitrogens with one attached hydrogen (secondary N) is 3. The molecule has 0 bridgehead atoms. The van der Waals surface area contributed by atoms with Crippen LogP contribution >= 0.6 is 15.9 Å². The van der Waals surface area contributed by atoms with Gasteiger partial charge in [0.05, 0.1) is 12.0 Å². The molecular weight excluding hydrogens is 327 g/mol. The molecule has 0 spiro atoms. The minimum atomic E-state index is -0.378. The number of halogens is 2. The summed E-state index contributed by atoms with van der Waals surface area (Å²) in [6.45, 7) is 0. The monoisotopic (exact) mass is 336 g/mol. The third-order valence-electron chi connectivity index (χ3n) is 2.69. The van der Waals surface area contributed by atoms with E-state index < -0.39 is 0 Å². The van der Waals surface area contributed by atoms with E-state index in [0.29, 0.717) is 33.1 Å². The van der Waals surface area contributed by atoms with Crippen molar-refractivity contribution < 1.29 is 4.39 Å². The van der Waals surface area contributed by atoms with Gasteiger partial charge in [0.25, 0.3) is 0 Å². The number of benzene rings is 1. The molecule has 20 heavy (non-hydrogen) atoms. The smallest absolute Gasteiger partial charge is 0.226 e. The van der Waals surface area contributed by atoms with Crippen molar-refractivity contribution in [1.29, 1.82) is 0 Å². The molecule has 0 atom stereocenters. The van der Waals surface area contributed by atoms with E-state index in [9.17, 15) is 4.39 Å². The Labute approximate surface area is 122 Å². The van der Waals surface area contributed by atoms with Crippen molar-refractivity contribution >= 4 is 44.5 Å². The number of imidazole rings is 1. The molecule has 0 aliphatic heterocycles. The summed E-state index contributed by atoms with van der Waals surface area (Å²) in [6.07, 6.45) is 1.52. The maximum atomic E-state index is 13.9. The third kappa shape index (κ3) is 2.29. The van der Waals surface area contributed by atoms with E-state index in [-0.39, 0.29) is 5.82 Å². The van der Waals surface area contributed by atoms with E-state index in [2.05, 4.69) is 46.5 Å². The molecule has 0 radical (unpaired) electrons. The fraction of sp³-hybridized carbons (Fsp3) is 0.0833. The van der Waals surface area contributed by atoms with Gasteiger partial charge in [0.15, 0.2) is 11.5 Å². The van der Waals surface area contributed by atoms with Crippen LogP contribution < -0.4 is 10.6 Å².